The van der Waals surface area contributed by atoms with E-state index >= 15 is 0 Å². The van der Waals surface area contributed by atoms with Gasteiger partial charge < -0.3 is 10.2 Å². The standard InChI is InChI=1S/C22H33N3OS.2ClH/c1-4-22(5-2,16-20-24-18-8-6-7-9-19(18)27-20)21(26)25-14-11-17(12-15-25)10-13-23-3;;/h6-9,17,23H,4-5,10-16H2,1-3H3;2*1H. The number of benzene rings is 1. The van der Waals surface area contributed by atoms with Gasteiger partial charge >= 0.3 is 0 Å². The zero-order valence-corrected chi connectivity index (χ0v) is 20.2. The van der Waals surface area contributed by atoms with E-state index in [-0.39, 0.29) is 30.2 Å². The zero-order chi connectivity index (χ0) is 19.3. The lowest BCUT2D eigenvalue weighted by molar-refractivity contribution is -0.144. The van der Waals surface area contributed by atoms with Crippen LogP contribution in [0.1, 0.15) is 51.0 Å². The number of carbonyl (C=O) groups excluding carboxylic acids is 1. The van der Waals surface area contributed by atoms with Gasteiger partial charge in [0.05, 0.1) is 20.6 Å². The van der Waals surface area contributed by atoms with Crippen molar-refractivity contribution >= 4 is 52.3 Å². The molecule has 164 valence electrons. The molecule has 7 heteroatoms. The number of thiazole rings is 1. The average molecular weight is 461 g/mol. The number of hydrogen-bond acceptors (Lipinski definition) is 4. The summed E-state index contributed by atoms with van der Waals surface area (Å²) in [6, 6.07) is 8.27. The first-order chi connectivity index (χ1) is 13.1. The highest BCUT2D eigenvalue weighted by atomic mass is 35.5. The molecule has 29 heavy (non-hydrogen) atoms. The van der Waals surface area contributed by atoms with E-state index in [4.69, 9.17) is 4.98 Å². The molecule has 1 N–H and O–H groups in total. The molecule has 1 aromatic carbocycles. The van der Waals surface area contributed by atoms with Crippen LogP contribution in [0.25, 0.3) is 10.2 Å². The van der Waals surface area contributed by atoms with Crippen LogP contribution in [0, 0.1) is 11.3 Å². The molecule has 1 aliphatic heterocycles. The number of hydrogen-bond donors (Lipinski definition) is 1. The summed E-state index contributed by atoms with van der Waals surface area (Å²) in [5.41, 5.74) is 0.738. The number of likely N-dealkylation sites (tertiary alicyclic amines) is 1. The average Bonchev–Trinajstić information content (AvgIpc) is 3.12. The molecule has 1 fully saturated rings. The molecular weight excluding hydrogens is 425 g/mol. The second-order valence-corrected chi connectivity index (χ2v) is 8.98. The van der Waals surface area contributed by atoms with Crippen molar-refractivity contribution in [2.24, 2.45) is 11.3 Å². The van der Waals surface area contributed by atoms with Gasteiger partial charge in [0.25, 0.3) is 0 Å². The number of carbonyl (C=O) groups is 1. The summed E-state index contributed by atoms with van der Waals surface area (Å²) in [6.07, 6.45) is 6.00. The van der Waals surface area contributed by atoms with Gasteiger partial charge in [0.2, 0.25) is 5.91 Å². The molecule has 0 radical (unpaired) electrons. The van der Waals surface area contributed by atoms with Crippen molar-refractivity contribution in [1.29, 1.82) is 0 Å². The lowest BCUT2D eigenvalue weighted by Crippen LogP contribution is -2.48. The number of piperidine rings is 1. The molecule has 0 saturated carbocycles. The van der Waals surface area contributed by atoms with E-state index in [1.807, 2.05) is 13.1 Å². The number of para-hydroxylation sites is 1. The van der Waals surface area contributed by atoms with Gasteiger partial charge in [-0.25, -0.2) is 4.98 Å². The molecule has 0 bridgehead atoms. The summed E-state index contributed by atoms with van der Waals surface area (Å²) in [5.74, 6) is 1.10. The summed E-state index contributed by atoms with van der Waals surface area (Å²) in [5, 5.41) is 4.34. The molecule has 1 aromatic heterocycles. The van der Waals surface area contributed by atoms with E-state index in [1.165, 1.54) is 11.1 Å². The van der Waals surface area contributed by atoms with Crippen LogP contribution in [-0.4, -0.2) is 42.5 Å². The molecule has 0 unspecified atom stereocenters. The number of rotatable bonds is 8. The van der Waals surface area contributed by atoms with Crippen molar-refractivity contribution < 1.29 is 4.79 Å². The van der Waals surface area contributed by atoms with Crippen LogP contribution >= 0.6 is 36.2 Å². The van der Waals surface area contributed by atoms with Gasteiger partial charge in [0, 0.05) is 19.5 Å². The molecule has 0 atom stereocenters. The first-order valence-electron chi connectivity index (χ1n) is 10.4. The Hall–Kier alpha value is -0.880. The predicted octanol–water partition coefficient (Wildman–Crippen LogP) is 5.34. The Balaban J connectivity index is 0.00000210. The highest BCUT2D eigenvalue weighted by Gasteiger charge is 2.40. The largest absolute Gasteiger partial charge is 0.342 e. The smallest absolute Gasteiger partial charge is 0.229 e. The van der Waals surface area contributed by atoms with Crippen LogP contribution in [-0.2, 0) is 11.2 Å². The zero-order valence-electron chi connectivity index (χ0n) is 17.8. The molecule has 3 rings (SSSR count). The third kappa shape index (κ3) is 6.06. The van der Waals surface area contributed by atoms with E-state index in [9.17, 15) is 4.79 Å². The quantitative estimate of drug-likeness (QED) is 0.579. The third-order valence-electron chi connectivity index (χ3n) is 6.34. The van der Waals surface area contributed by atoms with Gasteiger partial charge in [0.15, 0.2) is 0 Å². The monoisotopic (exact) mass is 459 g/mol. The van der Waals surface area contributed by atoms with Crippen LogP contribution in [0.2, 0.25) is 0 Å². The molecule has 1 aliphatic rings. The SMILES string of the molecule is CCC(CC)(Cc1nc2ccccc2s1)C(=O)N1CCC(CCNC)CC1.Cl.Cl. The summed E-state index contributed by atoms with van der Waals surface area (Å²) < 4.78 is 1.21. The Bertz CT molecular complexity index is 722. The van der Waals surface area contributed by atoms with Crippen molar-refractivity contribution in [2.75, 3.05) is 26.7 Å². The van der Waals surface area contributed by atoms with E-state index < -0.39 is 0 Å². The van der Waals surface area contributed by atoms with Gasteiger partial charge in [-0.2, -0.15) is 0 Å². The Morgan fingerprint density at radius 1 is 1.21 bits per heavy atom. The van der Waals surface area contributed by atoms with Crippen LogP contribution in [0.5, 0.6) is 0 Å². The first-order valence-corrected chi connectivity index (χ1v) is 11.2. The van der Waals surface area contributed by atoms with Crippen LogP contribution < -0.4 is 5.32 Å². The fraction of sp³-hybridized carbons (Fsp3) is 0.636. The first kappa shape index (κ1) is 26.2. The molecule has 2 aromatic rings. The van der Waals surface area contributed by atoms with Crippen LogP contribution in [0.4, 0.5) is 0 Å². The lowest BCUT2D eigenvalue weighted by atomic mass is 9.77. The second kappa shape index (κ2) is 12.1. The van der Waals surface area contributed by atoms with Gasteiger partial charge in [-0.15, -0.1) is 36.2 Å². The number of nitrogens with zero attached hydrogens (tertiary/aromatic N) is 2. The number of aromatic nitrogens is 1. The molecule has 1 saturated heterocycles. The molecular formula is C22H35Cl2N3OS. The van der Waals surface area contributed by atoms with Crippen molar-refractivity contribution in [2.45, 2.75) is 52.4 Å². The maximum atomic E-state index is 13.5. The normalized spacial score (nSPS) is 15.1. The summed E-state index contributed by atoms with van der Waals surface area (Å²) in [7, 11) is 2.01. The van der Waals surface area contributed by atoms with E-state index in [2.05, 4.69) is 42.3 Å². The number of halogens is 2. The molecule has 0 aliphatic carbocycles. The van der Waals surface area contributed by atoms with Crippen LogP contribution in [0.3, 0.4) is 0 Å². The Morgan fingerprint density at radius 3 is 2.45 bits per heavy atom. The van der Waals surface area contributed by atoms with E-state index in [1.54, 1.807) is 11.3 Å². The highest BCUT2D eigenvalue weighted by molar-refractivity contribution is 7.18. The minimum absolute atomic E-state index is 0. The molecule has 4 nitrogen and oxygen atoms in total. The van der Waals surface area contributed by atoms with Crippen molar-refractivity contribution in [1.82, 2.24) is 15.2 Å². The Morgan fingerprint density at radius 2 is 1.86 bits per heavy atom. The fourth-order valence-electron chi connectivity index (χ4n) is 4.27. The molecule has 1 amide bonds. The maximum Gasteiger partial charge on any atom is 0.229 e. The number of amides is 1. The van der Waals surface area contributed by atoms with Crippen molar-refractivity contribution in [3.05, 3.63) is 29.3 Å². The van der Waals surface area contributed by atoms with Crippen molar-refractivity contribution in [3.63, 3.8) is 0 Å². The van der Waals surface area contributed by atoms with E-state index in [0.717, 1.165) is 68.2 Å². The third-order valence-corrected chi connectivity index (χ3v) is 7.38. The van der Waals surface area contributed by atoms with Gasteiger partial charge in [-0.1, -0.05) is 26.0 Å². The van der Waals surface area contributed by atoms with Gasteiger partial charge in [-0.3, -0.25) is 4.79 Å². The summed E-state index contributed by atoms with van der Waals surface area (Å²) in [4.78, 5) is 20.5. The Labute approximate surface area is 191 Å². The van der Waals surface area contributed by atoms with Gasteiger partial charge in [-0.05, 0) is 63.7 Å². The lowest BCUT2D eigenvalue weighted by Gasteiger charge is -2.39. The molecule has 0 spiro atoms. The highest BCUT2D eigenvalue weighted by Crippen LogP contribution is 2.37. The van der Waals surface area contributed by atoms with Crippen molar-refractivity contribution in [3.8, 4) is 0 Å². The summed E-state index contributed by atoms with van der Waals surface area (Å²) in [6.45, 7) is 7.22. The van der Waals surface area contributed by atoms with E-state index in [0.29, 0.717) is 5.91 Å². The summed E-state index contributed by atoms with van der Waals surface area (Å²) >= 11 is 1.74. The number of nitrogens with one attached hydrogen (secondary N) is 1. The number of fused-ring (bicyclic) bond motifs is 1. The second-order valence-electron chi connectivity index (χ2n) is 7.87. The maximum absolute atomic E-state index is 13.5. The predicted molar refractivity (Wildman–Crippen MR) is 129 cm³/mol. The minimum atomic E-state index is -0.314. The van der Waals surface area contributed by atoms with Gasteiger partial charge in [0.1, 0.15) is 0 Å². The molecule has 2 heterocycles. The minimum Gasteiger partial charge on any atom is -0.342 e. The van der Waals surface area contributed by atoms with Crippen LogP contribution in [0.15, 0.2) is 24.3 Å². The topological polar surface area (TPSA) is 45.2 Å². The Kier molecular flexibility index (Phi) is 10.9. The fourth-order valence-corrected chi connectivity index (χ4v) is 5.38.